The van der Waals surface area contributed by atoms with Crippen molar-refractivity contribution >= 4 is 23.4 Å². The van der Waals surface area contributed by atoms with Crippen LogP contribution in [0.3, 0.4) is 0 Å². The third-order valence-corrected chi connectivity index (χ3v) is 3.55. The lowest BCUT2D eigenvalue weighted by Crippen LogP contribution is -2.38. The molecule has 25 heavy (non-hydrogen) atoms. The summed E-state index contributed by atoms with van der Waals surface area (Å²) in [6, 6.07) is 14.1. The zero-order valence-electron chi connectivity index (χ0n) is 14.4. The molecule has 0 saturated carbocycles. The van der Waals surface area contributed by atoms with E-state index in [2.05, 4.69) is 10.3 Å². The molecule has 0 bridgehead atoms. The molecule has 1 heterocycles. The smallest absolute Gasteiger partial charge is 0.329 e. The minimum Gasteiger partial charge on any atom is -0.458 e. The van der Waals surface area contributed by atoms with E-state index in [4.69, 9.17) is 21.6 Å². The second kappa shape index (κ2) is 8.00. The van der Waals surface area contributed by atoms with Crippen molar-refractivity contribution in [2.75, 3.05) is 5.32 Å². The Balaban J connectivity index is 2.24. The van der Waals surface area contributed by atoms with E-state index in [0.29, 0.717) is 12.2 Å². The van der Waals surface area contributed by atoms with E-state index in [1.165, 1.54) is 0 Å². The lowest BCUT2D eigenvalue weighted by Gasteiger charge is -2.25. The number of nitrogens with one attached hydrogen (secondary N) is 1. The van der Waals surface area contributed by atoms with Crippen LogP contribution in [-0.2, 0) is 16.0 Å². The minimum absolute atomic E-state index is 0.106. The number of nitrogens with zero attached hydrogens (tertiary/aromatic N) is 2. The van der Waals surface area contributed by atoms with Crippen molar-refractivity contribution < 1.29 is 9.53 Å². The summed E-state index contributed by atoms with van der Waals surface area (Å²) >= 11 is 5.91. The predicted octanol–water partition coefficient (Wildman–Crippen LogP) is 3.97. The van der Waals surface area contributed by atoms with Crippen LogP contribution in [0.4, 0.5) is 5.82 Å². The third kappa shape index (κ3) is 5.77. The van der Waals surface area contributed by atoms with E-state index in [1.807, 2.05) is 57.2 Å². The van der Waals surface area contributed by atoms with Crippen LogP contribution in [0.5, 0.6) is 0 Å². The number of hydrogen-bond donors (Lipinski definition) is 1. The Bertz CT molecular complexity index is 779. The summed E-state index contributed by atoms with van der Waals surface area (Å²) < 4.78 is 5.50. The van der Waals surface area contributed by atoms with Crippen molar-refractivity contribution in [1.82, 2.24) is 4.98 Å². The summed E-state index contributed by atoms with van der Waals surface area (Å²) in [5.74, 6) is 0.0133. The number of nitriles is 1. The SMILES string of the molecule is CC(C)(C)OC(=O)[C@H](Cc1ccccc1)Nc1ccc(Cl)c(C#N)n1. The summed E-state index contributed by atoms with van der Waals surface area (Å²) in [6.07, 6.45) is 0.432. The topological polar surface area (TPSA) is 75.0 Å². The highest BCUT2D eigenvalue weighted by molar-refractivity contribution is 6.31. The zero-order chi connectivity index (χ0) is 18.4. The highest BCUT2D eigenvalue weighted by Crippen LogP contribution is 2.18. The van der Waals surface area contributed by atoms with Gasteiger partial charge in [-0.1, -0.05) is 41.9 Å². The average molecular weight is 358 g/mol. The molecule has 1 aromatic carbocycles. The average Bonchev–Trinajstić information content (AvgIpc) is 2.55. The van der Waals surface area contributed by atoms with Crippen molar-refractivity contribution in [2.24, 2.45) is 0 Å². The highest BCUT2D eigenvalue weighted by atomic mass is 35.5. The maximum absolute atomic E-state index is 12.6. The Labute approximate surface area is 152 Å². The molecule has 6 heteroatoms. The number of anilines is 1. The van der Waals surface area contributed by atoms with Crippen molar-refractivity contribution in [3.63, 3.8) is 0 Å². The molecule has 1 aromatic heterocycles. The van der Waals surface area contributed by atoms with E-state index in [1.54, 1.807) is 12.1 Å². The molecule has 2 aromatic rings. The van der Waals surface area contributed by atoms with Crippen molar-refractivity contribution in [3.05, 3.63) is 58.7 Å². The van der Waals surface area contributed by atoms with Gasteiger partial charge in [0.15, 0.2) is 5.69 Å². The number of pyridine rings is 1. The number of aromatic nitrogens is 1. The number of halogens is 1. The van der Waals surface area contributed by atoms with Crippen molar-refractivity contribution in [3.8, 4) is 6.07 Å². The van der Waals surface area contributed by atoms with E-state index in [-0.39, 0.29) is 16.7 Å². The van der Waals surface area contributed by atoms with Gasteiger partial charge < -0.3 is 10.1 Å². The third-order valence-electron chi connectivity index (χ3n) is 3.25. The molecule has 0 radical (unpaired) electrons. The summed E-state index contributed by atoms with van der Waals surface area (Å²) in [5.41, 5.74) is 0.494. The molecule has 2 rings (SSSR count). The van der Waals surface area contributed by atoms with Crippen LogP contribution in [0.1, 0.15) is 32.0 Å². The minimum atomic E-state index is -0.637. The quantitative estimate of drug-likeness (QED) is 0.819. The van der Waals surface area contributed by atoms with Crippen LogP contribution >= 0.6 is 11.6 Å². The standard InChI is InChI=1S/C19H20ClN3O2/c1-19(2,3)25-18(24)15(11-13-7-5-4-6-8-13)22-17-10-9-14(20)16(12-21)23-17/h4-10,15H,11H2,1-3H3,(H,22,23)/t15-/m0/s1. The molecule has 0 fully saturated rings. The summed E-state index contributed by atoms with van der Waals surface area (Å²) in [7, 11) is 0. The first kappa shape index (κ1) is 18.8. The van der Waals surface area contributed by atoms with Crippen LogP contribution < -0.4 is 5.32 Å². The van der Waals surface area contributed by atoms with Gasteiger partial charge in [0.1, 0.15) is 23.5 Å². The Kier molecular flexibility index (Phi) is 6.00. The van der Waals surface area contributed by atoms with Gasteiger partial charge in [0.25, 0.3) is 0 Å². The van der Waals surface area contributed by atoms with Crippen LogP contribution in [0.15, 0.2) is 42.5 Å². The maximum Gasteiger partial charge on any atom is 0.329 e. The van der Waals surface area contributed by atoms with Crippen LogP contribution in [0, 0.1) is 11.3 Å². The fourth-order valence-corrected chi connectivity index (χ4v) is 2.34. The van der Waals surface area contributed by atoms with Crippen LogP contribution in [0.2, 0.25) is 5.02 Å². The summed E-state index contributed by atoms with van der Waals surface area (Å²) in [4.78, 5) is 16.7. The Morgan fingerprint density at radius 1 is 1.28 bits per heavy atom. The van der Waals surface area contributed by atoms with Crippen molar-refractivity contribution in [2.45, 2.75) is 38.8 Å². The predicted molar refractivity (Wildman–Crippen MR) is 97.4 cm³/mol. The van der Waals surface area contributed by atoms with E-state index in [0.717, 1.165) is 5.56 Å². The monoisotopic (exact) mass is 357 g/mol. The van der Waals surface area contributed by atoms with Gasteiger partial charge in [-0.15, -0.1) is 0 Å². The Morgan fingerprint density at radius 3 is 2.56 bits per heavy atom. The molecule has 0 spiro atoms. The zero-order valence-corrected chi connectivity index (χ0v) is 15.2. The molecule has 0 amide bonds. The fourth-order valence-electron chi connectivity index (χ4n) is 2.20. The van der Waals surface area contributed by atoms with Gasteiger partial charge in [0.05, 0.1) is 5.02 Å². The molecular weight excluding hydrogens is 338 g/mol. The number of rotatable bonds is 5. The summed E-state index contributed by atoms with van der Waals surface area (Å²) in [5, 5.41) is 12.4. The largest absolute Gasteiger partial charge is 0.458 e. The highest BCUT2D eigenvalue weighted by Gasteiger charge is 2.26. The Morgan fingerprint density at radius 2 is 1.96 bits per heavy atom. The second-order valence-electron chi connectivity index (χ2n) is 6.56. The lowest BCUT2D eigenvalue weighted by atomic mass is 10.1. The van der Waals surface area contributed by atoms with E-state index >= 15 is 0 Å². The molecular formula is C19H20ClN3O2. The Hall–Kier alpha value is -2.58. The number of benzene rings is 1. The number of ether oxygens (including phenoxy) is 1. The van der Waals surface area contributed by atoms with Gasteiger partial charge in [-0.05, 0) is 38.5 Å². The lowest BCUT2D eigenvalue weighted by molar-refractivity contribution is -0.155. The van der Waals surface area contributed by atoms with Gasteiger partial charge in [0, 0.05) is 6.42 Å². The first-order valence-electron chi connectivity index (χ1n) is 7.88. The molecule has 0 aliphatic rings. The van der Waals surface area contributed by atoms with Crippen molar-refractivity contribution in [1.29, 1.82) is 5.26 Å². The van der Waals surface area contributed by atoms with Gasteiger partial charge in [-0.3, -0.25) is 0 Å². The fraction of sp³-hybridized carbons (Fsp3) is 0.316. The molecule has 0 saturated heterocycles. The van der Waals surface area contributed by atoms with Crippen LogP contribution in [-0.4, -0.2) is 22.6 Å². The molecule has 0 aliphatic heterocycles. The molecule has 130 valence electrons. The number of esters is 1. The van der Waals surface area contributed by atoms with E-state index in [9.17, 15) is 4.79 Å². The maximum atomic E-state index is 12.6. The molecule has 0 unspecified atom stereocenters. The first-order valence-corrected chi connectivity index (χ1v) is 8.26. The van der Waals surface area contributed by atoms with Gasteiger partial charge in [0.2, 0.25) is 0 Å². The molecule has 1 atom stereocenters. The second-order valence-corrected chi connectivity index (χ2v) is 6.97. The van der Waals surface area contributed by atoms with Crippen LogP contribution in [0.25, 0.3) is 0 Å². The number of carbonyl (C=O) groups is 1. The molecule has 5 nitrogen and oxygen atoms in total. The van der Waals surface area contributed by atoms with Gasteiger partial charge >= 0.3 is 5.97 Å². The number of hydrogen-bond acceptors (Lipinski definition) is 5. The normalized spacial score (nSPS) is 12.1. The number of carbonyl (C=O) groups excluding carboxylic acids is 1. The van der Waals surface area contributed by atoms with Gasteiger partial charge in [-0.25, -0.2) is 9.78 Å². The molecule has 0 aliphatic carbocycles. The van der Waals surface area contributed by atoms with Gasteiger partial charge in [-0.2, -0.15) is 5.26 Å². The first-order chi connectivity index (χ1) is 11.8. The summed E-state index contributed by atoms with van der Waals surface area (Å²) in [6.45, 7) is 5.45. The van der Waals surface area contributed by atoms with E-state index < -0.39 is 11.6 Å². The molecule has 1 N–H and O–H groups in total.